The number of imidazole rings is 1. The lowest BCUT2D eigenvalue weighted by molar-refractivity contribution is 0.0951. The maximum absolute atomic E-state index is 13.2. The summed E-state index contributed by atoms with van der Waals surface area (Å²) in [6.07, 6.45) is 5.70. The molecule has 0 radical (unpaired) electrons. The van der Waals surface area contributed by atoms with Gasteiger partial charge in [-0.15, -0.1) is 0 Å². The van der Waals surface area contributed by atoms with Gasteiger partial charge in [-0.05, 0) is 49.2 Å². The minimum absolute atomic E-state index is 0.182. The normalized spacial score (nSPS) is 11.1. The number of hydrogen-bond donors (Lipinski definition) is 1. The number of hydrogen-bond acceptors (Lipinski definition) is 3. The third-order valence-electron chi connectivity index (χ3n) is 5.48. The van der Waals surface area contributed by atoms with Crippen molar-refractivity contribution in [3.63, 3.8) is 0 Å². The van der Waals surface area contributed by atoms with Crippen molar-refractivity contribution in [3.05, 3.63) is 108 Å². The molecular formula is C26H23N5O. The maximum atomic E-state index is 13.2. The Hall–Kier alpha value is -4.19. The second kappa shape index (κ2) is 8.15. The molecule has 2 aromatic carbocycles. The molecule has 32 heavy (non-hydrogen) atoms. The summed E-state index contributed by atoms with van der Waals surface area (Å²) in [4.78, 5) is 17.9. The number of carbonyl (C=O) groups excluding carboxylic acids is 1. The van der Waals surface area contributed by atoms with Gasteiger partial charge in [0.05, 0.1) is 23.5 Å². The molecule has 0 fully saturated rings. The molecule has 5 aromatic rings. The van der Waals surface area contributed by atoms with E-state index in [9.17, 15) is 4.79 Å². The first-order chi connectivity index (χ1) is 15.6. The second-order valence-corrected chi connectivity index (χ2v) is 7.87. The SMILES string of the molecule is Cc1ccn2cc(CNC(=O)c3cn(-c4ccccc4)nc3-c3ccccc3C)nc2c1. The summed E-state index contributed by atoms with van der Waals surface area (Å²) in [6, 6.07) is 21.8. The number of para-hydroxylation sites is 1. The van der Waals surface area contributed by atoms with E-state index in [0.29, 0.717) is 17.8 Å². The van der Waals surface area contributed by atoms with Crippen LogP contribution in [0.4, 0.5) is 0 Å². The third kappa shape index (κ3) is 3.78. The van der Waals surface area contributed by atoms with Crippen molar-refractivity contribution in [2.45, 2.75) is 20.4 Å². The number of benzene rings is 2. The van der Waals surface area contributed by atoms with Gasteiger partial charge < -0.3 is 9.72 Å². The molecule has 0 saturated carbocycles. The fourth-order valence-electron chi connectivity index (χ4n) is 3.78. The van der Waals surface area contributed by atoms with Crippen LogP contribution in [0.3, 0.4) is 0 Å². The predicted octanol–water partition coefficient (Wildman–Crippen LogP) is 4.73. The number of nitrogens with zero attached hydrogens (tertiary/aromatic N) is 4. The molecule has 0 unspecified atom stereocenters. The van der Waals surface area contributed by atoms with Crippen molar-refractivity contribution in [2.24, 2.45) is 0 Å². The number of aromatic nitrogens is 4. The van der Waals surface area contributed by atoms with Crippen molar-refractivity contribution >= 4 is 11.6 Å². The number of rotatable bonds is 5. The van der Waals surface area contributed by atoms with Gasteiger partial charge in [-0.1, -0.05) is 42.5 Å². The average molecular weight is 422 g/mol. The molecule has 5 rings (SSSR count). The Balaban J connectivity index is 1.47. The van der Waals surface area contributed by atoms with Gasteiger partial charge in [0.25, 0.3) is 5.91 Å². The van der Waals surface area contributed by atoms with Crippen LogP contribution in [0.2, 0.25) is 0 Å². The number of nitrogens with one attached hydrogen (secondary N) is 1. The number of amides is 1. The lowest BCUT2D eigenvalue weighted by Crippen LogP contribution is -2.23. The van der Waals surface area contributed by atoms with Crippen LogP contribution < -0.4 is 5.32 Å². The van der Waals surface area contributed by atoms with Crippen molar-refractivity contribution in [1.82, 2.24) is 24.5 Å². The molecule has 6 heteroatoms. The van der Waals surface area contributed by atoms with Crippen LogP contribution in [-0.2, 0) is 6.54 Å². The van der Waals surface area contributed by atoms with E-state index in [4.69, 9.17) is 5.10 Å². The Morgan fingerprint density at radius 3 is 2.56 bits per heavy atom. The van der Waals surface area contributed by atoms with E-state index in [1.807, 2.05) is 97.4 Å². The standard InChI is InChI=1S/C26H23N5O/c1-18-12-13-30-16-20(28-24(30)14-18)15-27-26(32)23-17-31(21-9-4-3-5-10-21)29-25(23)22-11-7-6-8-19(22)2/h3-14,16-17H,15H2,1-2H3,(H,27,32). The molecule has 1 N–H and O–H groups in total. The van der Waals surface area contributed by atoms with Gasteiger partial charge in [0, 0.05) is 24.2 Å². The van der Waals surface area contributed by atoms with Gasteiger partial charge in [0.15, 0.2) is 0 Å². The zero-order chi connectivity index (χ0) is 22.1. The van der Waals surface area contributed by atoms with Crippen molar-refractivity contribution < 1.29 is 4.79 Å². The predicted molar refractivity (Wildman–Crippen MR) is 125 cm³/mol. The molecule has 0 bridgehead atoms. The van der Waals surface area contributed by atoms with Gasteiger partial charge in [-0.25, -0.2) is 9.67 Å². The maximum Gasteiger partial charge on any atom is 0.255 e. The number of pyridine rings is 1. The summed E-state index contributed by atoms with van der Waals surface area (Å²) in [7, 11) is 0. The summed E-state index contributed by atoms with van der Waals surface area (Å²) in [6.45, 7) is 4.40. The summed E-state index contributed by atoms with van der Waals surface area (Å²) in [5.41, 5.74) is 6.92. The molecule has 0 aliphatic rings. The summed E-state index contributed by atoms with van der Waals surface area (Å²) in [5.74, 6) is -0.182. The van der Waals surface area contributed by atoms with Crippen molar-refractivity contribution in [3.8, 4) is 16.9 Å². The molecule has 6 nitrogen and oxygen atoms in total. The lowest BCUT2D eigenvalue weighted by atomic mass is 10.0. The molecule has 0 atom stereocenters. The molecule has 3 aromatic heterocycles. The van der Waals surface area contributed by atoms with Gasteiger partial charge in [-0.3, -0.25) is 4.79 Å². The molecule has 1 amide bonds. The Labute approximate surface area is 186 Å². The first kappa shape index (κ1) is 19.8. The van der Waals surface area contributed by atoms with E-state index < -0.39 is 0 Å². The van der Waals surface area contributed by atoms with E-state index in [2.05, 4.69) is 10.3 Å². The van der Waals surface area contributed by atoms with Crippen LogP contribution in [0, 0.1) is 13.8 Å². The fourth-order valence-corrected chi connectivity index (χ4v) is 3.78. The van der Waals surface area contributed by atoms with Crippen LogP contribution in [0.5, 0.6) is 0 Å². The molecule has 3 heterocycles. The van der Waals surface area contributed by atoms with Crippen LogP contribution in [0.15, 0.2) is 85.3 Å². The lowest BCUT2D eigenvalue weighted by Gasteiger charge is -2.06. The first-order valence-corrected chi connectivity index (χ1v) is 10.5. The molecule has 0 aliphatic heterocycles. The Morgan fingerprint density at radius 1 is 0.969 bits per heavy atom. The highest BCUT2D eigenvalue weighted by Gasteiger charge is 2.20. The molecule has 158 valence electrons. The van der Waals surface area contributed by atoms with Crippen LogP contribution >= 0.6 is 0 Å². The molecule has 0 aliphatic carbocycles. The largest absolute Gasteiger partial charge is 0.346 e. The monoisotopic (exact) mass is 421 g/mol. The molecular weight excluding hydrogens is 398 g/mol. The smallest absolute Gasteiger partial charge is 0.255 e. The Kier molecular flexibility index (Phi) is 5.03. The van der Waals surface area contributed by atoms with Crippen molar-refractivity contribution in [1.29, 1.82) is 0 Å². The first-order valence-electron chi connectivity index (χ1n) is 10.5. The van der Waals surface area contributed by atoms with E-state index in [1.165, 1.54) is 0 Å². The fraction of sp³-hybridized carbons (Fsp3) is 0.115. The third-order valence-corrected chi connectivity index (χ3v) is 5.48. The minimum Gasteiger partial charge on any atom is -0.346 e. The van der Waals surface area contributed by atoms with Gasteiger partial charge >= 0.3 is 0 Å². The Bertz CT molecular complexity index is 1410. The Morgan fingerprint density at radius 2 is 1.75 bits per heavy atom. The second-order valence-electron chi connectivity index (χ2n) is 7.87. The van der Waals surface area contributed by atoms with E-state index in [0.717, 1.165) is 33.7 Å². The number of fused-ring (bicyclic) bond motifs is 1. The van der Waals surface area contributed by atoms with Crippen LogP contribution in [-0.4, -0.2) is 25.1 Å². The minimum atomic E-state index is -0.182. The highest BCUT2D eigenvalue weighted by atomic mass is 16.1. The van der Waals surface area contributed by atoms with Crippen LogP contribution in [0.1, 0.15) is 27.2 Å². The van der Waals surface area contributed by atoms with Crippen molar-refractivity contribution in [2.75, 3.05) is 0 Å². The topological polar surface area (TPSA) is 64.2 Å². The molecule has 0 saturated heterocycles. The quantitative estimate of drug-likeness (QED) is 0.446. The summed E-state index contributed by atoms with van der Waals surface area (Å²) in [5, 5.41) is 7.79. The average Bonchev–Trinajstić information content (AvgIpc) is 3.42. The molecule has 0 spiro atoms. The zero-order valence-electron chi connectivity index (χ0n) is 18.0. The van der Waals surface area contributed by atoms with E-state index >= 15 is 0 Å². The van der Waals surface area contributed by atoms with Gasteiger partial charge in [0.1, 0.15) is 11.3 Å². The van der Waals surface area contributed by atoms with Gasteiger partial charge in [0.2, 0.25) is 0 Å². The summed E-state index contributed by atoms with van der Waals surface area (Å²) < 4.78 is 3.71. The highest BCUT2D eigenvalue weighted by molar-refractivity contribution is 6.00. The zero-order valence-corrected chi connectivity index (χ0v) is 18.0. The van der Waals surface area contributed by atoms with Crippen LogP contribution in [0.25, 0.3) is 22.6 Å². The number of carbonyl (C=O) groups is 1. The summed E-state index contributed by atoms with van der Waals surface area (Å²) >= 11 is 0. The number of aryl methyl sites for hydroxylation is 2. The van der Waals surface area contributed by atoms with Gasteiger partial charge in [-0.2, -0.15) is 5.10 Å². The van der Waals surface area contributed by atoms with E-state index in [1.54, 1.807) is 10.9 Å². The van der Waals surface area contributed by atoms with E-state index in [-0.39, 0.29) is 5.91 Å². The highest BCUT2D eigenvalue weighted by Crippen LogP contribution is 2.26.